The van der Waals surface area contributed by atoms with Gasteiger partial charge in [0, 0.05) is 6.42 Å². The fourth-order valence-corrected chi connectivity index (χ4v) is 4.06. The number of rotatable bonds is 2. The minimum atomic E-state index is -0.243. The molecule has 0 spiro atoms. The molecule has 3 rings (SSSR count). The van der Waals surface area contributed by atoms with Gasteiger partial charge in [-0.3, -0.25) is 9.59 Å². The molecule has 2 aliphatic heterocycles. The van der Waals surface area contributed by atoms with Crippen LogP contribution in [0.2, 0.25) is 0 Å². The monoisotopic (exact) mass is 305 g/mol. The summed E-state index contributed by atoms with van der Waals surface area (Å²) >= 11 is 2.64. The number of benzene rings is 1. The molecule has 2 heterocycles. The van der Waals surface area contributed by atoms with Crippen molar-refractivity contribution in [3.8, 4) is 0 Å². The Kier molecular flexibility index (Phi) is 3.93. The number of carbonyl (C=O) groups excluding carboxylic acids is 2. The molecular weight excluding hydrogens is 294 g/mol. The van der Waals surface area contributed by atoms with E-state index in [1.807, 2.05) is 36.4 Å². The van der Waals surface area contributed by atoms with E-state index < -0.39 is 0 Å². The smallest absolute Gasteiger partial charge is 0.319 e. The van der Waals surface area contributed by atoms with Gasteiger partial charge in [0.1, 0.15) is 9.63 Å². The van der Waals surface area contributed by atoms with Crippen molar-refractivity contribution in [2.24, 2.45) is 4.99 Å². The number of esters is 1. The quantitative estimate of drug-likeness (QED) is 0.621. The molecule has 6 heteroatoms. The van der Waals surface area contributed by atoms with Crippen molar-refractivity contribution in [3.63, 3.8) is 0 Å². The first-order chi connectivity index (χ1) is 9.72. The second kappa shape index (κ2) is 5.85. The van der Waals surface area contributed by atoms with Gasteiger partial charge in [0.15, 0.2) is 0 Å². The summed E-state index contributed by atoms with van der Waals surface area (Å²) in [7, 11) is 0. The Labute approximate surface area is 124 Å². The summed E-state index contributed by atoms with van der Waals surface area (Å²) in [5, 5.41) is -0.231. The number of amides is 1. The Morgan fingerprint density at radius 2 is 2.10 bits per heavy atom. The fourth-order valence-electron chi connectivity index (χ4n) is 1.85. The van der Waals surface area contributed by atoms with Crippen LogP contribution in [0.1, 0.15) is 12.0 Å². The Balaban J connectivity index is 1.69. The van der Waals surface area contributed by atoms with Gasteiger partial charge in [-0.05, 0) is 11.6 Å². The minimum absolute atomic E-state index is 0.216. The number of carbonyl (C=O) groups is 2. The molecule has 0 bridgehead atoms. The molecule has 0 radical (unpaired) electrons. The van der Waals surface area contributed by atoms with Crippen molar-refractivity contribution in [2.75, 3.05) is 6.61 Å². The van der Waals surface area contributed by atoms with Gasteiger partial charge in [-0.1, -0.05) is 53.9 Å². The van der Waals surface area contributed by atoms with E-state index in [4.69, 9.17) is 4.74 Å². The molecule has 4 nitrogen and oxygen atoms in total. The highest BCUT2D eigenvalue weighted by molar-refractivity contribution is 8.41. The van der Waals surface area contributed by atoms with Crippen molar-refractivity contribution in [1.82, 2.24) is 0 Å². The first-order valence-corrected chi connectivity index (χ1v) is 7.83. The molecule has 1 aromatic rings. The predicted molar refractivity (Wildman–Crippen MR) is 81.4 cm³/mol. The second-order valence-corrected chi connectivity index (χ2v) is 6.75. The summed E-state index contributed by atoms with van der Waals surface area (Å²) in [5.74, 6) is -0.459. The second-order valence-electron chi connectivity index (χ2n) is 4.27. The standard InChI is InChI=1S/C14H11NO3S2/c16-12-11(8-9-4-2-1-3-5-9)20-14(15-12)19-10-6-7-18-13(10)17/h1-5,8,10H,6-7H2/b11-8+/t10-/m0/s1. The molecular formula is C14H11NO3S2. The molecule has 2 aliphatic rings. The van der Waals surface area contributed by atoms with Crippen LogP contribution < -0.4 is 0 Å². The van der Waals surface area contributed by atoms with Gasteiger partial charge in [0.05, 0.1) is 11.5 Å². The van der Waals surface area contributed by atoms with Gasteiger partial charge in [0.2, 0.25) is 0 Å². The maximum Gasteiger partial charge on any atom is 0.319 e. The largest absolute Gasteiger partial charge is 0.465 e. The van der Waals surface area contributed by atoms with Crippen LogP contribution in [0.3, 0.4) is 0 Å². The van der Waals surface area contributed by atoms with Gasteiger partial charge < -0.3 is 4.74 Å². The normalized spacial score (nSPS) is 24.1. The van der Waals surface area contributed by atoms with E-state index in [0.717, 1.165) is 5.56 Å². The van der Waals surface area contributed by atoms with Crippen molar-refractivity contribution in [2.45, 2.75) is 11.7 Å². The zero-order valence-electron chi connectivity index (χ0n) is 10.4. The Morgan fingerprint density at radius 3 is 2.80 bits per heavy atom. The third kappa shape index (κ3) is 2.96. The summed E-state index contributed by atoms with van der Waals surface area (Å²) < 4.78 is 5.53. The van der Waals surface area contributed by atoms with Crippen LogP contribution in [0.25, 0.3) is 6.08 Å². The van der Waals surface area contributed by atoms with Gasteiger partial charge in [-0.25, -0.2) is 0 Å². The van der Waals surface area contributed by atoms with Gasteiger partial charge in [-0.15, -0.1) is 0 Å². The Hall–Kier alpha value is -1.53. The van der Waals surface area contributed by atoms with Gasteiger partial charge >= 0.3 is 5.97 Å². The average Bonchev–Trinajstić information content (AvgIpc) is 2.99. The third-order valence-electron chi connectivity index (χ3n) is 2.83. The molecule has 0 saturated carbocycles. The Bertz CT molecular complexity index is 610. The highest BCUT2D eigenvalue weighted by Gasteiger charge is 2.32. The van der Waals surface area contributed by atoms with E-state index in [-0.39, 0.29) is 17.1 Å². The molecule has 20 heavy (non-hydrogen) atoms. The lowest BCUT2D eigenvalue weighted by atomic mass is 10.2. The van der Waals surface area contributed by atoms with Gasteiger partial charge in [0.25, 0.3) is 5.91 Å². The van der Waals surface area contributed by atoms with Crippen LogP contribution in [0.5, 0.6) is 0 Å². The van der Waals surface area contributed by atoms with Crippen LogP contribution in [0.4, 0.5) is 0 Å². The van der Waals surface area contributed by atoms with E-state index in [9.17, 15) is 9.59 Å². The number of cyclic esters (lactones) is 1. The van der Waals surface area contributed by atoms with Crippen LogP contribution in [-0.4, -0.2) is 28.1 Å². The van der Waals surface area contributed by atoms with Crippen LogP contribution in [0.15, 0.2) is 40.2 Å². The fraction of sp³-hybridized carbons (Fsp3) is 0.214. The van der Waals surface area contributed by atoms with Crippen LogP contribution >= 0.6 is 23.5 Å². The van der Waals surface area contributed by atoms with E-state index >= 15 is 0 Å². The lowest BCUT2D eigenvalue weighted by molar-refractivity contribution is -0.137. The molecule has 1 amide bonds. The number of thioether (sulfide) groups is 2. The molecule has 0 N–H and O–H groups in total. The van der Waals surface area contributed by atoms with E-state index in [0.29, 0.717) is 22.3 Å². The zero-order valence-corrected chi connectivity index (χ0v) is 12.1. The van der Waals surface area contributed by atoms with Crippen molar-refractivity contribution >= 4 is 45.9 Å². The van der Waals surface area contributed by atoms with E-state index in [1.165, 1.54) is 23.5 Å². The highest BCUT2D eigenvalue weighted by Crippen LogP contribution is 2.37. The van der Waals surface area contributed by atoms with Crippen LogP contribution in [0, 0.1) is 0 Å². The number of aliphatic imine (C=N–C) groups is 1. The topological polar surface area (TPSA) is 55.7 Å². The third-order valence-corrected chi connectivity index (χ3v) is 5.15. The molecule has 0 aliphatic carbocycles. The summed E-state index contributed by atoms with van der Waals surface area (Å²) in [5.41, 5.74) is 0.963. The molecule has 102 valence electrons. The zero-order chi connectivity index (χ0) is 13.9. The van der Waals surface area contributed by atoms with Crippen molar-refractivity contribution < 1.29 is 14.3 Å². The van der Waals surface area contributed by atoms with Crippen molar-refractivity contribution in [3.05, 3.63) is 40.8 Å². The molecule has 0 unspecified atom stereocenters. The first-order valence-electron chi connectivity index (χ1n) is 6.13. The average molecular weight is 305 g/mol. The Morgan fingerprint density at radius 1 is 1.30 bits per heavy atom. The summed E-state index contributed by atoms with van der Waals surface area (Å²) in [6, 6.07) is 9.62. The SMILES string of the molecule is O=C1N=C(S[C@H]2CCOC2=O)S/C1=C/c1ccccc1. The molecule has 1 saturated heterocycles. The van der Waals surface area contributed by atoms with Crippen molar-refractivity contribution in [1.29, 1.82) is 0 Å². The number of hydrogen-bond donors (Lipinski definition) is 0. The minimum Gasteiger partial charge on any atom is -0.465 e. The highest BCUT2D eigenvalue weighted by atomic mass is 32.2. The molecule has 0 aromatic heterocycles. The first kappa shape index (κ1) is 13.5. The summed E-state index contributed by atoms with van der Waals surface area (Å²) in [4.78, 5) is 27.8. The summed E-state index contributed by atoms with van der Waals surface area (Å²) in [6.45, 7) is 0.453. The molecule has 1 atom stereocenters. The van der Waals surface area contributed by atoms with Gasteiger partial charge in [-0.2, -0.15) is 4.99 Å². The number of hydrogen-bond acceptors (Lipinski definition) is 5. The number of ether oxygens (including phenoxy) is 1. The van der Waals surface area contributed by atoms with E-state index in [2.05, 4.69) is 4.99 Å². The maximum absolute atomic E-state index is 11.8. The lowest BCUT2D eigenvalue weighted by Gasteiger charge is -2.02. The maximum atomic E-state index is 11.8. The predicted octanol–water partition coefficient (Wildman–Crippen LogP) is 2.71. The van der Waals surface area contributed by atoms with Crippen LogP contribution in [-0.2, 0) is 14.3 Å². The lowest BCUT2D eigenvalue weighted by Crippen LogP contribution is -2.10. The number of nitrogens with zero attached hydrogens (tertiary/aromatic N) is 1. The molecule has 1 fully saturated rings. The van der Waals surface area contributed by atoms with E-state index in [1.54, 1.807) is 0 Å². The molecule has 1 aromatic carbocycles. The summed E-state index contributed by atoms with van der Waals surface area (Å²) in [6.07, 6.45) is 2.49.